The van der Waals surface area contributed by atoms with Gasteiger partial charge in [-0.3, -0.25) is 10.1 Å². The van der Waals surface area contributed by atoms with Gasteiger partial charge in [0.15, 0.2) is 0 Å². The summed E-state index contributed by atoms with van der Waals surface area (Å²) in [6, 6.07) is 8.70. The molecule has 4 nitrogen and oxygen atoms in total. The molecule has 1 saturated heterocycles. The van der Waals surface area contributed by atoms with Crippen LogP contribution in [-0.4, -0.2) is 63.3 Å². The van der Waals surface area contributed by atoms with E-state index in [2.05, 4.69) is 10.6 Å². The first-order chi connectivity index (χ1) is 6.63. The topological polar surface area (TPSA) is 58.2 Å². The number of rotatable bonds is 1. The van der Waals surface area contributed by atoms with Gasteiger partial charge >= 0.3 is 57.4 Å². The van der Waals surface area contributed by atoms with Gasteiger partial charge in [-0.05, 0) is 12.5 Å². The molecule has 1 atom stereocenters. The Labute approximate surface area is 130 Å². The minimum atomic E-state index is -0.932. The monoisotopic (exact) mass is 230 g/mol. The van der Waals surface area contributed by atoms with Crippen LogP contribution in [-0.2, 0) is 10.3 Å². The second kappa shape index (κ2) is 4.76. The predicted molar refractivity (Wildman–Crippen MR) is 57.6 cm³/mol. The zero-order valence-electron chi connectivity index (χ0n) is 7.70. The fourth-order valence-electron chi connectivity index (χ4n) is 1.52. The van der Waals surface area contributed by atoms with Crippen LogP contribution in [0.3, 0.4) is 0 Å². The molecule has 0 aliphatic carbocycles. The van der Waals surface area contributed by atoms with Gasteiger partial charge in [0, 0.05) is 0 Å². The molecule has 0 bridgehead atoms. The van der Waals surface area contributed by atoms with Crippen LogP contribution in [0.2, 0.25) is 0 Å². The average molecular weight is 230 g/mol. The van der Waals surface area contributed by atoms with Crippen LogP contribution in [0.4, 0.5) is 4.79 Å². The van der Waals surface area contributed by atoms with Gasteiger partial charge < -0.3 is 5.32 Å². The van der Waals surface area contributed by atoms with Crippen molar-refractivity contribution in [1.29, 1.82) is 0 Å². The van der Waals surface area contributed by atoms with Crippen LogP contribution in [0.1, 0.15) is 12.5 Å². The van der Waals surface area contributed by atoms with Crippen molar-refractivity contribution in [2.75, 3.05) is 0 Å². The molecule has 1 aliphatic heterocycles. The Hall–Kier alpha value is -0.204. The summed E-state index contributed by atoms with van der Waals surface area (Å²) in [5, 5.41) is 4.81. The Morgan fingerprint density at radius 1 is 1.13 bits per heavy atom. The number of hydrogen-bond acceptors (Lipinski definition) is 2. The van der Waals surface area contributed by atoms with Gasteiger partial charge in [-0.1, -0.05) is 30.3 Å². The molecule has 0 aromatic heterocycles. The summed E-state index contributed by atoms with van der Waals surface area (Å²) < 4.78 is 0. The van der Waals surface area contributed by atoms with Crippen LogP contribution in [0, 0.1) is 0 Å². The standard InChI is InChI=1S/C10H10N2O2.K.H/c1-10(7-5-3-2-4-6-7)8(13)11-9(14)12-10;;/h2-6H,1H3,(H2,11,12,13,14);;. The maximum absolute atomic E-state index is 11.5. The first-order valence-corrected chi connectivity index (χ1v) is 4.32. The fraction of sp³-hybridized carbons (Fsp3) is 0.200. The molecule has 1 fully saturated rings. The zero-order chi connectivity index (χ0) is 10.2. The van der Waals surface area contributed by atoms with E-state index in [-0.39, 0.29) is 57.3 Å². The fourth-order valence-corrected chi connectivity index (χ4v) is 1.52. The summed E-state index contributed by atoms with van der Waals surface area (Å²) in [5.74, 6) is -0.311. The molecule has 74 valence electrons. The van der Waals surface area contributed by atoms with Gasteiger partial charge in [0.1, 0.15) is 5.54 Å². The molecule has 0 spiro atoms. The van der Waals surface area contributed by atoms with Crippen molar-refractivity contribution in [2.24, 2.45) is 0 Å². The number of amides is 3. The summed E-state index contributed by atoms with van der Waals surface area (Å²) in [6.45, 7) is 1.68. The molecule has 1 aromatic rings. The number of urea groups is 1. The molecule has 2 N–H and O–H groups in total. The summed E-state index contributed by atoms with van der Waals surface area (Å²) in [5.41, 5.74) is -0.151. The van der Waals surface area contributed by atoms with Crippen LogP contribution in [0.5, 0.6) is 0 Å². The van der Waals surface area contributed by atoms with E-state index in [0.29, 0.717) is 0 Å². The van der Waals surface area contributed by atoms with E-state index in [4.69, 9.17) is 0 Å². The third-order valence-electron chi connectivity index (χ3n) is 2.40. The van der Waals surface area contributed by atoms with Crippen molar-refractivity contribution >= 4 is 63.3 Å². The molecule has 1 heterocycles. The van der Waals surface area contributed by atoms with Gasteiger partial charge in [-0.15, -0.1) is 0 Å². The number of benzene rings is 1. The second-order valence-electron chi connectivity index (χ2n) is 3.40. The van der Waals surface area contributed by atoms with Crippen molar-refractivity contribution in [3.05, 3.63) is 35.9 Å². The molecular weight excluding hydrogens is 219 g/mol. The molecule has 3 amide bonds. The van der Waals surface area contributed by atoms with Crippen LogP contribution < -0.4 is 10.6 Å². The maximum atomic E-state index is 11.5. The number of hydrogen-bond donors (Lipinski definition) is 2. The Morgan fingerprint density at radius 2 is 1.73 bits per heavy atom. The second-order valence-corrected chi connectivity index (χ2v) is 3.40. The molecule has 5 heteroatoms. The summed E-state index contributed by atoms with van der Waals surface area (Å²) in [6.07, 6.45) is 0. The normalized spacial score (nSPS) is 24.1. The van der Waals surface area contributed by atoms with E-state index in [1.54, 1.807) is 6.92 Å². The van der Waals surface area contributed by atoms with E-state index >= 15 is 0 Å². The third kappa shape index (κ3) is 2.32. The van der Waals surface area contributed by atoms with E-state index in [0.717, 1.165) is 5.56 Å². The third-order valence-corrected chi connectivity index (χ3v) is 2.40. The number of nitrogens with one attached hydrogen (secondary N) is 2. The molecule has 0 radical (unpaired) electrons. The number of carbonyl (C=O) groups excluding carboxylic acids is 2. The SMILES string of the molecule is CC1(c2ccccc2)NC(=O)NC1=O.[KH]. The van der Waals surface area contributed by atoms with Gasteiger partial charge in [0.05, 0.1) is 0 Å². The van der Waals surface area contributed by atoms with Gasteiger partial charge in [-0.2, -0.15) is 0 Å². The van der Waals surface area contributed by atoms with Crippen molar-refractivity contribution in [3.8, 4) is 0 Å². The average Bonchev–Trinajstić information content (AvgIpc) is 2.43. The van der Waals surface area contributed by atoms with Crippen molar-refractivity contribution in [2.45, 2.75) is 12.5 Å². The Bertz CT molecular complexity index is 394. The quantitative estimate of drug-likeness (QED) is 0.531. The van der Waals surface area contributed by atoms with Crippen molar-refractivity contribution in [1.82, 2.24) is 10.6 Å². The molecular formula is C10H11KN2O2. The van der Waals surface area contributed by atoms with Gasteiger partial charge in [0.2, 0.25) is 0 Å². The van der Waals surface area contributed by atoms with E-state index in [9.17, 15) is 9.59 Å². The molecule has 1 aromatic carbocycles. The van der Waals surface area contributed by atoms with E-state index in [1.165, 1.54) is 0 Å². The summed E-state index contributed by atoms with van der Waals surface area (Å²) in [4.78, 5) is 22.5. The van der Waals surface area contributed by atoms with Gasteiger partial charge in [-0.25, -0.2) is 4.79 Å². The molecule has 0 saturated carbocycles. The molecule has 1 unspecified atom stereocenters. The Morgan fingerprint density at radius 3 is 2.20 bits per heavy atom. The first-order valence-electron chi connectivity index (χ1n) is 4.32. The number of carbonyl (C=O) groups is 2. The van der Waals surface area contributed by atoms with E-state index in [1.807, 2.05) is 30.3 Å². The van der Waals surface area contributed by atoms with Crippen molar-refractivity contribution < 1.29 is 9.59 Å². The minimum absolute atomic E-state index is 0. The van der Waals surface area contributed by atoms with Crippen LogP contribution in [0.15, 0.2) is 30.3 Å². The van der Waals surface area contributed by atoms with Crippen LogP contribution >= 0.6 is 0 Å². The summed E-state index contributed by atoms with van der Waals surface area (Å²) >= 11 is 0. The predicted octanol–water partition coefficient (Wildman–Crippen LogP) is 0.0927. The Kier molecular flexibility index (Phi) is 4.08. The molecule has 2 rings (SSSR count). The van der Waals surface area contributed by atoms with Gasteiger partial charge in [0.25, 0.3) is 5.91 Å². The summed E-state index contributed by atoms with van der Waals surface area (Å²) in [7, 11) is 0. The Balaban J connectivity index is 0.00000112. The van der Waals surface area contributed by atoms with Crippen LogP contribution in [0.25, 0.3) is 0 Å². The first kappa shape index (κ1) is 12.9. The number of imide groups is 1. The van der Waals surface area contributed by atoms with Crippen molar-refractivity contribution in [3.63, 3.8) is 0 Å². The molecule has 1 aliphatic rings. The van der Waals surface area contributed by atoms with E-state index < -0.39 is 11.6 Å². The zero-order valence-corrected chi connectivity index (χ0v) is 7.70. The molecule has 15 heavy (non-hydrogen) atoms.